The maximum Gasteiger partial charge on any atom is 0.319 e. The predicted octanol–water partition coefficient (Wildman–Crippen LogP) is 1.33. The minimum absolute atomic E-state index is 0.0701. The predicted molar refractivity (Wildman–Crippen MR) is 89.8 cm³/mol. The van der Waals surface area contributed by atoms with Crippen LogP contribution in [0.4, 0.5) is 5.69 Å². The Morgan fingerprint density at radius 1 is 1.32 bits per heavy atom. The van der Waals surface area contributed by atoms with Gasteiger partial charge in [-0.15, -0.1) is 0 Å². The number of aromatic nitrogens is 2. The Morgan fingerprint density at radius 2 is 2.00 bits per heavy atom. The first-order valence-corrected chi connectivity index (χ1v) is 8.82. The Hall–Kier alpha value is -2.38. The van der Waals surface area contributed by atoms with Gasteiger partial charge in [-0.2, -0.15) is 5.10 Å². The Balaban J connectivity index is 1.53. The van der Waals surface area contributed by atoms with Crippen molar-refractivity contribution in [2.45, 2.75) is 45.6 Å². The van der Waals surface area contributed by atoms with E-state index in [1.54, 1.807) is 22.0 Å². The molecule has 1 saturated heterocycles. The van der Waals surface area contributed by atoms with E-state index in [0.717, 1.165) is 13.0 Å². The molecule has 2 heterocycles. The van der Waals surface area contributed by atoms with Gasteiger partial charge in [-0.05, 0) is 32.6 Å². The molecule has 0 radical (unpaired) electrons. The minimum Gasteiger partial charge on any atom is -0.480 e. The Bertz CT molecular complexity index is 672. The summed E-state index contributed by atoms with van der Waals surface area (Å²) in [5.74, 6) is -1.54. The SMILES string of the molecule is CCn1cc(NC(=O)C2CCN(C(=O)C3(C(=O)O)CCC3)CC2)cn1. The van der Waals surface area contributed by atoms with Crippen LogP contribution >= 0.6 is 0 Å². The summed E-state index contributed by atoms with van der Waals surface area (Å²) in [5.41, 5.74) is -0.547. The number of aryl methyl sites for hydroxylation is 1. The Kier molecular flexibility index (Phi) is 4.78. The standard InChI is InChI=1S/C17H24N4O4/c1-2-21-11-13(10-18-21)19-14(22)12-4-8-20(9-5-12)15(23)17(16(24)25)6-3-7-17/h10-12H,2-9H2,1H3,(H,19,22)(H,24,25). The van der Waals surface area contributed by atoms with E-state index in [-0.39, 0.29) is 17.7 Å². The van der Waals surface area contributed by atoms with E-state index in [1.807, 2.05) is 6.92 Å². The number of carboxylic acid groups (broad SMARTS) is 1. The van der Waals surface area contributed by atoms with E-state index in [9.17, 15) is 19.5 Å². The number of carboxylic acids is 1. The summed E-state index contributed by atoms with van der Waals surface area (Å²) < 4.78 is 1.74. The molecule has 0 aromatic carbocycles. The molecule has 2 fully saturated rings. The second-order valence-electron chi connectivity index (χ2n) is 6.88. The number of hydrogen-bond acceptors (Lipinski definition) is 4. The fraction of sp³-hybridized carbons (Fsp3) is 0.647. The van der Waals surface area contributed by atoms with Gasteiger partial charge in [0.2, 0.25) is 11.8 Å². The van der Waals surface area contributed by atoms with Crippen LogP contribution in [0.3, 0.4) is 0 Å². The summed E-state index contributed by atoms with van der Waals surface area (Å²) in [7, 11) is 0. The fourth-order valence-corrected chi connectivity index (χ4v) is 3.54. The van der Waals surface area contributed by atoms with Crippen molar-refractivity contribution in [3.63, 3.8) is 0 Å². The average Bonchev–Trinajstić information content (AvgIpc) is 3.01. The molecule has 0 bridgehead atoms. The second kappa shape index (κ2) is 6.85. The first-order chi connectivity index (χ1) is 12.0. The molecule has 2 aliphatic rings. The van der Waals surface area contributed by atoms with Crippen molar-refractivity contribution in [2.75, 3.05) is 18.4 Å². The van der Waals surface area contributed by atoms with E-state index < -0.39 is 11.4 Å². The maximum absolute atomic E-state index is 12.6. The summed E-state index contributed by atoms with van der Waals surface area (Å²) >= 11 is 0. The highest BCUT2D eigenvalue weighted by Gasteiger charge is 2.53. The first kappa shape index (κ1) is 17.4. The minimum atomic E-state index is -1.22. The molecule has 136 valence electrons. The number of carbonyl (C=O) groups excluding carboxylic acids is 2. The number of amides is 2. The molecule has 1 aromatic rings. The topological polar surface area (TPSA) is 105 Å². The highest BCUT2D eigenvalue weighted by atomic mass is 16.4. The highest BCUT2D eigenvalue weighted by Crippen LogP contribution is 2.43. The van der Waals surface area contributed by atoms with Crippen LogP contribution in [0.2, 0.25) is 0 Å². The summed E-state index contributed by atoms with van der Waals surface area (Å²) in [6, 6.07) is 0. The van der Waals surface area contributed by atoms with Gasteiger partial charge in [0.05, 0.1) is 11.9 Å². The number of aliphatic carboxylic acids is 1. The third kappa shape index (κ3) is 3.25. The van der Waals surface area contributed by atoms with Gasteiger partial charge in [0.1, 0.15) is 5.41 Å². The van der Waals surface area contributed by atoms with Crippen molar-refractivity contribution >= 4 is 23.5 Å². The van der Waals surface area contributed by atoms with Crippen molar-refractivity contribution in [1.29, 1.82) is 0 Å². The maximum atomic E-state index is 12.6. The van der Waals surface area contributed by atoms with Crippen molar-refractivity contribution in [3.05, 3.63) is 12.4 Å². The zero-order valence-electron chi connectivity index (χ0n) is 14.4. The first-order valence-electron chi connectivity index (χ1n) is 8.82. The van der Waals surface area contributed by atoms with Crippen molar-refractivity contribution in [1.82, 2.24) is 14.7 Å². The van der Waals surface area contributed by atoms with Gasteiger partial charge in [-0.3, -0.25) is 19.1 Å². The van der Waals surface area contributed by atoms with Crippen LogP contribution < -0.4 is 5.32 Å². The van der Waals surface area contributed by atoms with Gasteiger partial charge in [0.15, 0.2) is 0 Å². The number of rotatable bonds is 5. The quantitative estimate of drug-likeness (QED) is 0.781. The molecule has 8 nitrogen and oxygen atoms in total. The zero-order chi connectivity index (χ0) is 18.0. The van der Waals surface area contributed by atoms with Crippen LogP contribution in [0.1, 0.15) is 39.0 Å². The molecular formula is C17H24N4O4. The van der Waals surface area contributed by atoms with Crippen LogP contribution in [0.5, 0.6) is 0 Å². The molecule has 1 aliphatic heterocycles. The smallest absolute Gasteiger partial charge is 0.319 e. The van der Waals surface area contributed by atoms with Crippen molar-refractivity contribution in [2.24, 2.45) is 11.3 Å². The molecule has 2 amide bonds. The molecule has 2 N–H and O–H groups in total. The van der Waals surface area contributed by atoms with Gasteiger partial charge >= 0.3 is 5.97 Å². The molecule has 1 aromatic heterocycles. The van der Waals surface area contributed by atoms with E-state index in [0.29, 0.717) is 44.5 Å². The fourth-order valence-electron chi connectivity index (χ4n) is 3.54. The lowest BCUT2D eigenvalue weighted by molar-refractivity contribution is -0.168. The lowest BCUT2D eigenvalue weighted by Gasteiger charge is -2.42. The second-order valence-corrected chi connectivity index (χ2v) is 6.88. The summed E-state index contributed by atoms with van der Waals surface area (Å²) in [6.07, 6.45) is 6.12. The molecule has 0 atom stereocenters. The third-order valence-electron chi connectivity index (χ3n) is 5.40. The van der Waals surface area contributed by atoms with E-state index in [1.165, 1.54) is 0 Å². The molecule has 1 saturated carbocycles. The van der Waals surface area contributed by atoms with E-state index >= 15 is 0 Å². The molecule has 0 unspecified atom stereocenters. The molecule has 1 aliphatic carbocycles. The number of piperidine rings is 1. The molecular weight excluding hydrogens is 324 g/mol. The number of nitrogens with zero attached hydrogens (tertiary/aromatic N) is 3. The number of carbonyl (C=O) groups is 3. The molecule has 0 spiro atoms. The monoisotopic (exact) mass is 348 g/mol. The number of anilines is 1. The van der Waals surface area contributed by atoms with Crippen LogP contribution in [-0.4, -0.2) is 50.7 Å². The largest absolute Gasteiger partial charge is 0.480 e. The third-order valence-corrected chi connectivity index (χ3v) is 5.40. The average molecular weight is 348 g/mol. The van der Waals surface area contributed by atoms with Crippen LogP contribution in [-0.2, 0) is 20.9 Å². The highest BCUT2D eigenvalue weighted by molar-refractivity contribution is 6.03. The van der Waals surface area contributed by atoms with Gasteiger partial charge in [0.25, 0.3) is 0 Å². The molecule has 8 heteroatoms. The van der Waals surface area contributed by atoms with Crippen LogP contribution in [0.25, 0.3) is 0 Å². The summed E-state index contributed by atoms with van der Waals surface area (Å²) in [5, 5.41) is 16.4. The lowest BCUT2D eigenvalue weighted by atomic mass is 9.67. The van der Waals surface area contributed by atoms with Gasteiger partial charge in [-0.1, -0.05) is 6.42 Å². The Labute approximate surface area is 146 Å². The summed E-state index contributed by atoms with van der Waals surface area (Å²) in [4.78, 5) is 38.0. The lowest BCUT2D eigenvalue weighted by Crippen LogP contribution is -2.54. The summed E-state index contributed by atoms with van der Waals surface area (Å²) in [6.45, 7) is 3.57. The van der Waals surface area contributed by atoms with E-state index in [2.05, 4.69) is 10.4 Å². The van der Waals surface area contributed by atoms with Crippen molar-refractivity contribution < 1.29 is 19.5 Å². The Morgan fingerprint density at radius 3 is 2.48 bits per heavy atom. The normalized spacial score (nSPS) is 20.0. The number of hydrogen-bond donors (Lipinski definition) is 2. The van der Waals surface area contributed by atoms with Gasteiger partial charge in [0, 0.05) is 31.7 Å². The van der Waals surface area contributed by atoms with Crippen LogP contribution in [0, 0.1) is 11.3 Å². The zero-order valence-corrected chi connectivity index (χ0v) is 14.4. The molecule has 3 rings (SSSR count). The van der Waals surface area contributed by atoms with Gasteiger partial charge in [-0.25, -0.2) is 0 Å². The van der Waals surface area contributed by atoms with Crippen LogP contribution in [0.15, 0.2) is 12.4 Å². The van der Waals surface area contributed by atoms with E-state index in [4.69, 9.17) is 0 Å². The number of likely N-dealkylation sites (tertiary alicyclic amines) is 1. The number of nitrogens with one attached hydrogen (secondary N) is 1. The van der Waals surface area contributed by atoms with Gasteiger partial charge < -0.3 is 15.3 Å². The molecule has 25 heavy (non-hydrogen) atoms. The van der Waals surface area contributed by atoms with Crippen molar-refractivity contribution in [3.8, 4) is 0 Å².